The summed E-state index contributed by atoms with van der Waals surface area (Å²) in [6, 6.07) is 10.3. The van der Waals surface area contributed by atoms with Crippen LogP contribution in [0.15, 0.2) is 56.2 Å². The highest BCUT2D eigenvalue weighted by Gasteiger charge is 2.18. The molecule has 0 spiro atoms. The fourth-order valence-corrected chi connectivity index (χ4v) is 3.90. The molecule has 3 aromatic rings. The summed E-state index contributed by atoms with van der Waals surface area (Å²) in [5, 5.41) is 13.8. The van der Waals surface area contributed by atoms with E-state index in [2.05, 4.69) is 42.2 Å². The van der Waals surface area contributed by atoms with Gasteiger partial charge in [-0.1, -0.05) is 18.2 Å². The standard InChI is InChI=1S/C18H11Br2N3O6/c19-12-5-9(23(27)28)6-13(20)17(12)22-16(25)8-29-18(26)11-7-15(24)21-14-4-2-1-3-10(11)14/h1-7H,8H2,(H,21,24)(H,22,25). The normalized spacial score (nSPS) is 10.6. The number of fused-ring (bicyclic) bond motifs is 1. The summed E-state index contributed by atoms with van der Waals surface area (Å²) in [5.41, 5.74) is 0.108. The molecule has 1 heterocycles. The number of hydrogen-bond donors (Lipinski definition) is 2. The Kier molecular flexibility index (Phi) is 6.09. The molecule has 2 aromatic carbocycles. The Morgan fingerprint density at radius 1 is 1.14 bits per heavy atom. The molecule has 0 unspecified atom stereocenters. The number of hydrogen-bond acceptors (Lipinski definition) is 6. The topological polar surface area (TPSA) is 131 Å². The van der Waals surface area contributed by atoms with Crippen LogP contribution in [-0.2, 0) is 9.53 Å². The smallest absolute Gasteiger partial charge is 0.339 e. The minimum absolute atomic E-state index is 0.0369. The SMILES string of the molecule is O=C(COC(=O)c1cc(=O)[nH]c2ccccc12)Nc1c(Br)cc([N+](=O)[O-])cc1Br. The molecule has 0 saturated heterocycles. The molecule has 0 aliphatic heterocycles. The number of carbonyl (C=O) groups excluding carboxylic acids is 2. The number of benzene rings is 2. The second kappa shape index (κ2) is 8.53. The third kappa shape index (κ3) is 4.69. The van der Waals surface area contributed by atoms with Crippen LogP contribution in [0.4, 0.5) is 11.4 Å². The lowest BCUT2D eigenvalue weighted by atomic mass is 10.1. The van der Waals surface area contributed by atoms with Gasteiger partial charge in [0.25, 0.3) is 11.6 Å². The Bertz CT molecular complexity index is 1180. The first kappa shape index (κ1) is 20.7. The average Bonchev–Trinajstić information content (AvgIpc) is 2.67. The van der Waals surface area contributed by atoms with E-state index in [0.717, 1.165) is 6.07 Å². The first-order chi connectivity index (χ1) is 13.8. The lowest BCUT2D eigenvalue weighted by Crippen LogP contribution is -2.22. The molecular formula is C18H11Br2N3O6. The molecule has 9 nitrogen and oxygen atoms in total. The number of pyridine rings is 1. The molecule has 1 aromatic heterocycles. The number of nitro groups is 1. The highest BCUT2D eigenvalue weighted by Crippen LogP contribution is 2.35. The van der Waals surface area contributed by atoms with E-state index < -0.39 is 29.0 Å². The van der Waals surface area contributed by atoms with Gasteiger partial charge in [-0.05, 0) is 37.9 Å². The van der Waals surface area contributed by atoms with E-state index in [-0.39, 0.29) is 25.9 Å². The van der Waals surface area contributed by atoms with Crippen LogP contribution in [0.1, 0.15) is 10.4 Å². The minimum atomic E-state index is -0.829. The number of rotatable bonds is 5. The molecular weight excluding hydrogens is 514 g/mol. The minimum Gasteiger partial charge on any atom is -0.452 e. The summed E-state index contributed by atoms with van der Waals surface area (Å²) in [6.07, 6.45) is 0. The Morgan fingerprint density at radius 3 is 2.45 bits per heavy atom. The molecule has 11 heteroatoms. The van der Waals surface area contributed by atoms with E-state index in [4.69, 9.17) is 4.74 Å². The van der Waals surface area contributed by atoms with Crippen LogP contribution in [-0.4, -0.2) is 28.4 Å². The molecule has 0 saturated carbocycles. The summed E-state index contributed by atoms with van der Waals surface area (Å²) in [5.74, 6) is -1.49. The van der Waals surface area contributed by atoms with Gasteiger partial charge in [-0.15, -0.1) is 0 Å². The van der Waals surface area contributed by atoms with Crippen molar-refractivity contribution in [2.45, 2.75) is 0 Å². The number of nitrogens with one attached hydrogen (secondary N) is 2. The molecule has 0 fully saturated rings. The number of aromatic amines is 1. The van der Waals surface area contributed by atoms with Gasteiger partial charge in [0.05, 0.1) is 16.2 Å². The number of halogens is 2. The quantitative estimate of drug-likeness (QED) is 0.297. The Morgan fingerprint density at radius 2 is 1.79 bits per heavy atom. The van der Waals surface area contributed by atoms with Crippen LogP contribution in [0, 0.1) is 10.1 Å². The van der Waals surface area contributed by atoms with Gasteiger partial charge in [-0.3, -0.25) is 19.7 Å². The molecule has 0 radical (unpaired) electrons. The predicted octanol–water partition coefficient (Wildman–Crippen LogP) is 3.76. The number of ether oxygens (including phenoxy) is 1. The van der Waals surface area contributed by atoms with E-state index in [0.29, 0.717) is 10.9 Å². The van der Waals surface area contributed by atoms with E-state index in [1.165, 1.54) is 12.1 Å². The maximum Gasteiger partial charge on any atom is 0.339 e. The zero-order valence-corrected chi connectivity index (χ0v) is 17.6. The Labute approximate surface area is 179 Å². The number of para-hydroxylation sites is 1. The summed E-state index contributed by atoms with van der Waals surface area (Å²) < 4.78 is 5.58. The molecule has 148 valence electrons. The fourth-order valence-electron chi connectivity index (χ4n) is 2.54. The van der Waals surface area contributed by atoms with Crippen LogP contribution in [0.25, 0.3) is 10.9 Å². The van der Waals surface area contributed by atoms with Gasteiger partial charge in [-0.2, -0.15) is 0 Å². The molecule has 3 rings (SSSR count). The van der Waals surface area contributed by atoms with Gasteiger partial charge in [0.15, 0.2) is 6.61 Å². The predicted molar refractivity (Wildman–Crippen MR) is 112 cm³/mol. The zero-order valence-electron chi connectivity index (χ0n) is 14.4. The van der Waals surface area contributed by atoms with Crippen molar-refractivity contribution in [1.82, 2.24) is 4.98 Å². The highest BCUT2D eigenvalue weighted by atomic mass is 79.9. The van der Waals surface area contributed by atoms with Crippen LogP contribution < -0.4 is 10.9 Å². The number of aromatic nitrogens is 1. The number of nitro benzene ring substituents is 1. The molecule has 29 heavy (non-hydrogen) atoms. The summed E-state index contributed by atoms with van der Waals surface area (Å²) in [4.78, 5) is 49.2. The highest BCUT2D eigenvalue weighted by molar-refractivity contribution is 9.11. The van der Waals surface area contributed by atoms with Gasteiger partial charge in [-0.25, -0.2) is 4.79 Å². The number of non-ortho nitro benzene ring substituents is 1. The fraction of sp³-hybridized carbons (Fsp3) is 0.0556. The lowest BCUT2D eigenvalue weighted by molar-refractivity contribution is -0.385. The van der Waals surface area contributed by atoms with Gasteiger partial charge >= 0.3 is 5.97 Å². The van der Waals surface area contributed by atoms with Gasteiger partial charge < -0.3 is 15.0 Å². The van der Waals surface area contributed by atoms with Crippen molar-refractivity contribution in [2.24, 2.45) is 0 Å². The van der Waals surface area contributed by atoms with E-state index >= 15 is 0 Å². The number of nitrogens with zero attached hydrogens (tertiary/aromatic N) is 1. The van der Waals surface area contributed by atoms with Gasteiger partial charge in [0.2, 0.25) is 5.56 Å². The molecule has 0 bridgehead atoms. The molecule has 0 aliphatic rings. The molecule has 1 amide bonds. The number of carbonyl (C=O) groups is 2. The number of anilines is 1. The van der Waals surface area contributed by atoms with Crippen LogP contribution in [0.3, 0.4) is 0 Å². The summed E-state index contributed by atoms with van der Waals surface area (Å²) in [7, 11) is 0. The van der Waals surface area contributed by atoms with Crippen molar-refractivity contribution in [2.75, 3.05) is 11.9 Å². The zero-order chi connectivity index (χ0) is 21.1. The first-order valence-corrected chi connectivity index (χ1v) is 9.57. The van der Waals surface area contributed by atoms with Crippen molar-refractivity contribution < 1.29 is 19.2 Å². The number of H-pyrrole nitrogens is 1. The van der Waals surface area contributed by atoms with Crippen LogP contribution in [0.5, 0.6) is 0 Å². The third-order valence-corrected chi connectivity index (χ3v) is 5.06. The number of amides is 1. The van der Waals surface area contributed by atoms with Crippen LogP contribution in [0.2, 0.25) is 0 Å². The summed E-state index contributed by atoms with van der Waals surface area (Å²) >= 11 is 6.30. The first-order valence-electron chi connectivity index (χ1n) is 7.98. The third-order valence-electron chi connectivity index (χ3n) is 3.81. The van der Waals surface area contributed by atoms with Gasteiger partial charge in [0, 0.05) is 38.0 Å². The van der Waals surface area contributed by atoms with Gasteiger partial charge in [0.1, 0.15) is 0 Å². The van der Waals surface area contributed by atoms with Crippen molar-refractivity contribution in [3.05, 3.63) is 77.4 Å². The van der Waals surface area contributed by atoms with Crippen molar-refractivity contribution in [3.8, 4) is 0 Å². The largest absolute Gasteiger partial charge is 0.452 e. The monoisotopic (exact) mass is 523 g/mol. The molecule has 0 aliphatic carbocycles. The Hall–Kier alpha value is -3.05. The van der Waals surface area contributed by atoms with E-state index in [1.54, 1.807) is 24.3 Å². The molecule has 0 atom stereocenters. The number of esters is 1. The average molecular weight is 525 g/mol. The second-order valence-corrected chi connectivity index (χ2v) is 7.47. The van der Waals surface area contributed by atoms with Crippen molar-refractivity contribution >= 4 is 66.0 Å². The maximum absolute atomic E-state index is 12.4. The maximum atomic E-state index is 12.4. The van der Waals surface area contributed by atoms with Crippen molar-refractivity contribution in [1.29, 1.82) is 0 Å². The van der Waals surface area contributed by atoms with E-state index in [9.17, 15) is 24.5 Å². The molecule has 2 N–H and O–H groups in total. The Balaban J connectivity index is 1.73. The summed E-state index contributed by atoms with van der Waals surface area (Å²) in [6.45, 7) is -0.615. The van der Waals surface area contributed by atoms with Crippen molar-refractivity contribution in [3.63, 3.8) is 0 Å². The lowest BCUT2D eigenvalue weighted by Gasteiger charge is -2.11. The van der Waals surface area contributed by atoms with E-state index in [1.807, 2.05) is 0 Å². The second-order valence-electron chi connectivity index (χ2n) is 5.76. The van der Waals surface area contributed by atoms with Crippen LogP contribution >= 0.6 is 31.9 Å².